The lowest BCUT2D eigenvalue weighted by Crippen LogP contribution is -2.34. The molecule has 1 fully saturated rings. The molecule has 1 aromatic heterocycles. The van der Waals surface area contributed by atoms with Crippen molar-refractivity contribution in [3.05, 3.63) is 18.5 Å². The Kier molecular flexibility index (Phi) is 4.19. The third-order valence-corrected chi connectivity index (χ3v) is 4.85. The lowest BCUT2D eigenvalue weighted by Gasteiger charge is -2.16. The molecular weight excluding hydrogens is 250 g/mol. The summed E-state index contributed by atoms with van der Waals surface area (Å²) in [5, 5.41) is 0. The molecule has 0 atom stereocenters. The second-order valence-electron chi connectivity index (χ2n) is 4.72. The summed E-state index contributed by atoms with van der Waals surface area (Å²) in [5.41, 5.74) is 5.93. The molecule has 0 radical (unpaired) electrons. The summed E-state index contributed by atoms with van der Waals surface area (Å²) < 4.78 is 27.1. The molecule has 18 heavy (non-hydrogen) atoms. The maximum Gasteiger partial charge on any atom is 0.244 e. The third kappa shape index (κ3) is 3.20. The number of hydrogen-bond donors (Lipinski definition) is 2. The van der Waals surface area contributed by atoms with Crippen molar-refractivity contribution in [1.82, 2.24) is 9.71 Å². The molecule has 3 N–H and O–H groups in total. The van der Waals surface area contributed by atoms with Gasteiger partial charge in [-0.1, -0.05) is 25.7 Å². The van der Waals surface area contributed by atoms with Gasteiger partial charge in [0.1, 0.15) is 4.90 Å². The van der Waals surface area contributed by atoms with E-state index in [-0.39, 0.29) is 16.6 Å². The number of nitrogen functional groups attached to an aromatic ring is 1. The quantitative estimate of drug-likeness (QED) is 0.817. The van der Waals surface area contributed by atoms with E-state index in [1.165, 1.54) is 31.3 Å². The normalized spacial score (nSPS) is 18.4. The van der Waals surface area contributed by atoms with Crippen molar-refractivity contribution in [2.45, 2.75) is 49.5 Å². The number of anilines is 1. The first-order chi connectivity index (χ1) is 8.59. The van der Waals surface area contributed by atoms with Crippen molar-refractivity contribution in [3.8, 4) is 0 Å². The number of pyridine rings is 1. The molecule has 0 amide bonds. The SMILES string of the molecule is Nc1ccncc1S(=O)(=O)NC1CCCCCC1. The van der Waals surface area contributed by atoms with Crippen LogP contribution in [0.4, 0.5) is 5.69 Å². The molecule has 0 unspecified atom stereocenters. The van der Waals surface area contributed by atoms with Gasteiger partial charge in [0.2, 0.25) is 10.0 Å². The van der Waals surface area contributed by atoms with Crippen LogP contribution in [0.3, 0.4) is 0 Å². The lowest BCUT2D eigenvalue weighted by atomic mass is 10.1. The van der Waals surface area contributed by atoms with Gasteiger partial charge in [-0.05, 0) is 18.9 Å². The summed E-state index contributed by atoms with van der Waals surface area (Å²) in [6.07, 6.45) is 9.12. The van der Waals surface area contributed by atoms with Crippen LogP contribution in [-0.4, -0.2) is 19.4 Å². The van der Waals surface area contributed by atoms with Crippen LogP contribution in [0, 0.1) is 0 Å². The zero-order valence-corrected chi connectivity index (χ0v) is 11.1. The summed E-state index contributed by atoms with van der Waals surface area (Å²) >= 11 is 0. The highest BCUT2D eigenvalue weighted by Gasteiger charge is 2.22. The Morgan fingerprint density at radius 3 is 2.50 bits per heavy atom. The molecule has 0 aliphatic heterocycles. The number of aromatic nitrogens is 1. The summed E-state index contributed by atoms with van der Waals surface area (Å²) in [4.78, 5) is 3.90. The van der Waals surface area contributed by atoms with Gasteiger partial charge in [0.25, 0.3) is 0 Å². The fraction of sp³-hybridized carbons (Fsp3) is 0.583. The van der Waals surface area contributed by atoms with Crippen LogP contribution in [0.2, 0.25) is 0 Å². The number of nitrogens with one attached hydrogen (secondary N) is 1. The van der Waals surface area contributed by atoms with Crippen molar-refractivity contribution in [2.75, 3.05) is 5.73 Å². The Labute approximate surface area is 108 Å². The van der Waals surface area contributed by atoms with Gasteiger partial charge in [0.15, 0.2) is 0 Å². The molecule has 1 saturated carbocycles. The van der Waals surface area contributed by atoms with Gasteiger partial charge in [-0.15, -0.1) is 0 Å². The maximum absolute atomic E-state index is 12.2. The highest BCUT2D eigenvalue weighted by Crippen LogP contribution is 2.21. The Hall–Kier alpha value is -1.14. The third-order valence-electron chi connectivity index (χ3n) is 3.28. The number of nitrogens with zero attached hydrogens (tertiary/aromatic N) is 1. The zero-order chi connectivity index (χ0) is 13.0. The van der Waals surface area contributed by atoms with Gasteiger partial charge in [-0.2, -0.15) is 0 Å². The van der Waals surface area contributed by atoms with Gasteiger partial charge in [0, 0.05) is 18.4 Å². The van der Waals surface area contributed by atoms with E-state index in [2.05, 4.69) is 9.71 Å². The topological polar surface area (TPSA) is 85.1 Å². The van der Waals surface area contributed by atoms with E-state index in [4.69, 9.17) is 5.73 Å². The summed E-state index contributed by atoms with van der Waals surface area (Å²) in [5.74, 6) is 0. The molecule has 1 aliphatic carbocycles. The summed E-state index contributed by atoms with van der Waals surface area (Å²) in [6, 6.07) is 1.53. The molecule has 2 rings (SSSR count). The Bertz CT molecular complexity index is 494. The van der Waals surface area contributed by atoms with E-state index >= 15 is 0 Å². The van der Waals surface area contributed by atoms with Gasteiger partial charge >= 0.3 is 0 Å². The fourth-order valence-electron chi connectivity index (χ4n) is 2.30. The monoisotopic (exact) mass is 269 g/mol. The minimum atomic E-state index is -3.54. The fourth-order valence-corrected chi connectivity index (χ4v) is 3.67. The van der Waals surface area contributed by atoms with E-state index < -0.39 is 10.0 Å². The van der Waals surface area contributed by atoms with Crippen LogP contribution in [0.15, 0.2) is 23.4 Å². The van der Waals surface area contributed by atoms with Crippen LogP contribution in [-0.2, 0) is 10.0 Å². The van der Waals surface area contributed by atoms with Crippen LogP contribution >= 0.6 is 0 Å². The molecule has 6 heteroatoms. The summed E-state index contributed by atoms with van der Waals surface area (Å²) in [7, 11) is -3.54. The standard InChI is InChI=1S/C12H19N3O2S/c13-11-7-8-14-9-12(11)18(16,17)15-10-5-3-1-2-4-6-10/h7-10,15H,1-6H2,(H2,13,14). The second-order valence-corrected chi connectivity index (χ2v) is 6.41. The van der Waals surface area contributed by atoms with Crippen molar-refractivity contribution < 1.29 is 8.42 Å². The van der Waals surface area contributed by atoms with Gasteiger partial charge in [-0.3, -0.25) is 4.98 Å². The molecule has 0 bridgehead atoms. The van der Waals surface area contributed by atoms with Crippen molar-refractivity contribution >= 4 is 15.7 Å². The summed E-state index contributed by atoms with van der Waals surface area (Å²) in [6.45, 7) is 0. The molecule has 1 aromatic rings. The van der Waals surface area contributed by atoms with Gasteiger partial charge in [-0.25, -0.2) is 13.1 Å². The van der Waals surface area contributed by atoms with Crippen LogP contribution in [0.5, 0.6) is 0 Å². The molecule has 0 saturated heterocycles. The van der Waals surface area contributed by atoms with Gasteiger partial charge in [0.05, 0.1) is 5.69 Å². The number of hydrogen-bond acceptors (Lipinski definition) is 4. The first-order valence-corrected chi connectivity index (χ1v) is 7.80. The van der Waals surface area contributed by atoms with Crippen LogP contribution < -0.4 is 10.5 Å². The second kappa shape index (κ2) is 5.67. The molecule has 0 spiro atoms. The van der Waals surface area contributed by atoms with Crippen molar-refractivity contribution in [1.29, 1.82) is 0 Å². The van der Waals surface area contributed by atoms with Crippen LogP contribution in [0.1, 0.15) is 38.5 Å². The predicted octanol–water partition coefficient (Wildman–Crippen LogP) is 1.66. The zero-order valence-electron chi connectivity index (χ0n) is 10.3. The molecule has 5 nitrogen and oxygen atoms in total. The van der Waals surface area contributed by atoms with E-state index in [0.717, 1.165) is 25.7 Å². The molecule has 100 valence electrons. The van der Waals surface area contributed by atoms with Crippen LogP contribution in [0.25, 0.3) is 0 Å². The molecule has 1 aliphatic rings. The van der Waals surface area contributed by atoms with E-state index in [1.807, 2.05) is 0 Å². The number of sulfonamides is 1. The van der Waals surface area contributed by atoms with E-state index in [1.54, 1.807) is 0 Å². The van der Waals surface area contributed by atoms with E-state index in [9.17, 15) is 8.42 Å². The average Bonchev–Trinajstić information content (AvgIpc) is 2.57. The molecule has 1 heterocycles. The smallest absolute Gasteiger partial charge is 0.244 e. The largest absolute Gasteiger partial charge is 0.398 e. The highest BCUT2D eigenvalue weighted by atomic mass is 32.2. The minimum absolute atomic E-state index is 0.0251. The molecule has 0 aromatic carbocycles. The maximum atomic E-state index is 12.2. The molecular formula is C12H19N3O2S. The first kappa shape index (κ1) is 13.3. The van der Waals surface area contributed by atoms with Crippen molar-refractivity contribution in [3.63, 3.8) is 0 Å². The number of nitrogens with two attached hydrogens (primary N) is 1. The lowest BCUT2D eigenvalue weighted by molar-refractivity contribution is 0.510. The first-order valence-electron chi connectivity index (χ1n) is 6.31. The Balaban J connectivity index is 2.14. The Morgan fingerprint density at radius 2 is 1.89 bits per heavy atom. The predicted molar refractivity (Wildman–Crippen MR) is 70.5 cm³/mol. The average molecular weight is 269 g/mol. The van der Waals surface area contributed by atoms with Gasteiger partial charge < -0.3 is 5.73 Å². The number of rotatable bonds is 3. The highest BCUT2D eigenvalue weighted by molar-refractivity contribution is 7.89. The van der Waals surface area contributed by atoms with Crippen molar-refractivity contribution in [2.24, 2.45) is 0 Å². The van der Waals surface area contributed by atoms with E-state index in [0.29, 0.717) is 0 Å². The Morgan fingerprint density at radius 1 is 1.22 bits per heavy atom. The minimum Gasteiger partial charge on any atom is -0.398 e.